The molecule has 1 aromatic heterocycles. The fraction of sp³-hybridized carbons (Fsp3) is 0.412. The largest absolute Gasteiger partial charge is 0.463 e. The van der Waals surface area contributed by atoms with Crippen molar-refractivity contribution in [2.45, 2.75) is 12.3 Å². The minimum absolute atomic E-state index is 0.188. The summed E-state index contributed by atoms with van der Waals surface area (Å²) in [5, 5.41) is 0.331. The Kier molecular flexibility index (Phi) is 4.40. The van der Waals surface area contributed by atoms with Crippen molar-refractivity contribution in [2.24, 2.45) is 5.92 Å². The van der Waals surface area contributed by atoms with Crippen LogP contribution in [0.1, 0.15) is 23.6 Å². The van der Waals surface area contributed by atoms with Crippen molar-refractivity contribution >= 4 is 23.3 Å². The Morgan fingerprint density at radius 1 is 1.33 bits per heavy atom. The predicted octanol–water partition coefficient (Wildman–Crippen LogP) is 3.18. The zero-order chi connectivity index (χ0) is 16.5. The molecule has 0 aliphatic carbocycles. The van der Waals surface area contributed by atoms with Gasteiger partial charge in [-0.05, 0) is 37.1 Å². The molecule has 0 N–H and O–H groups in total. The lowest BCUT2D eigenvalue weighted by Crippen LogP contribution is -2.22. The third-order valence-corrected chi connectivity index (χ3v) is 5.29. The SMILES string of the molecule is Fc1cc(Cl)cc(C#CCOc2nsnc2C2CN3CCC2C3)c1. The molecule has 4 rings (SSSR count). The lowest BCUT2D eigenvalue weighted by molar-refractivity contribution is 0.323. The van der Waals surface area contributed by atoms with E-state index < -0.39 is 5.82 Å². The molecule has 2 saturated heterocycles. The van der Waals surface area contributed by atoms with Gasteiger partial charge in [0.2, 0.25) is 5.88 Å². The molecule has 1 aromatic carbocycles. The molecule has 2 aliphatic rings. The zero-order valence-corrected chi connectivity index (χ0v) is 14.4. The third kappa shape index (κ3) is 3.25. The van der Waals surface area contributed by atoms with E-state index >= 15 is 0 Å². The molecule has 2 fully saturated rings. The number of aromatic nitrogens is 2. The first-order valence-electron chi connectivity index (χ1n) is 7.81. The van der Waals surface area contributed by atoms with E-state index in [1.165, 1.54) is 36.8 Å². The van der Waals surface area contributed by atoms with Gasteiger partial charge in [0.05, 0.1) is 11.7 Å². The molecule has 3 heterocycles. The molecule has 24 heavy (non-hydrogen) atoms. The molecule has 0 saturated carbocycles. The van der Waals surface area contributed by atoms with Crippen LogP contribution in [-0.4, -0.2) is 39.9 Å². The lowest BCUT2D eigenvalue weighted by Gasteiger charge is -2.20. The maximum Gasteiger partial charge on any atom is 0.250 e. The van der Waals surface area contributed by atoms with Crippen LogP contribution in [-0.2, 0) is 0 Å². The Bertz CT molecular complexity index is 795. The molecule has 0 radical (unpaired) electrons. The van der Waals surface area contributed by atoms with Gasteiger partial charge in [0.15, 0.2) is 6.61 Å². The van der Waals surface area contributed by atoms with Crippen molar-refractivity contribution in [3.63, 3.8) is 0 Å². The Hall–Kier alpha value is -1.68. The second kappa shape index (κ2) is 6.67. The van der Waals surface area contributed by atoms with E-state index in [-0.39, 0.29) is 6.61 Å². The summed E-state index contributed by atoms with van der Waals surface area (Å²) < 4.78 is 27.7. The minimum Gasteiger partial charge on any atom is -0.463 e. The van der Waals surface area contributed by atoms with Crippen molar-refractivity contribution in [2.75, 3.05) is 26.2 Å². The normalized spacial score (nSPS) is 24.7. The quantitative estimate of drug-likeness (QED) is 0.785. The highest BCUT2D eigenvalue weighted by Crippen LogP contribution is 2.41. The molecule has 2 aliphatic heterocycles. The fourth-order valence-corrected chi connectivity index (χ4v) is 4.26. The van der Waals surface area contributed by atoms with Gasteiger partial charge in [-0.1, -0.05) is 23.4 Å². The Balaban J connectivity index is 1.41. The minimum atomic E-state index is -0.398. The van der Waals surface area contributed by atoms with Gasteiger partial charge in [0.25, 0.3) is 0 Å². The van der Waals surface area contributed by atoms with Gasteiger partial charge in [0.1, 0.15) is 11.5 Å². The van der Waals surface area contributed by atoms with Gasteiger partial charge in [-0.2, -0.15) is 4.37 Å². The van der Waals surface area contributed by atoms with Gasteiger partial charge >= 0.3 is 0 Å². The topological polar surface area (TPSA) is 38.3 Å². The summed E-state index contributed by atoms with van der Waals surface area (Å²) in [4.78, 5) is 2.46. The standard InChI is InChI=1S/C17H15ClFN3OS/c18-13-6-11(7-14(19)8-13)2-1-5-23-17-16(20-24-21-17)15-10-22-4-3-12(15)9-22/h6-8,12,15H,3-5,9-10H2. The summed E-state index contributed by atoms with van der Waals surface area (Å²) in [7, 11) is 0. The van der Waals surface area contributed by atoms with Crippen LogP contribution in [0.3, 0.4) is 0 Å². The van der Waals surface area contributed by atoms with E-state index in [1.54, 1.807) is 6.07 Å². The van der Waals surface area contributed by atoms with Crippen LogP contribution < -0.4 is 4.74 Å². The number of hydrogen-bond donors (Lipinski definition) is 0. The number of benzene rings is 1. The summed E-state index contributed by atoms with van der Waals surface area (Å²) >= 11 is 6.99. The molecule has 0 spiro atoms. The van der Waals surface area contributed by atoms with E-state index in [2.05, 4.69) is 25.5 Å². The highest BCUT2D eigenvalue weighted by atomic mass is 35.5. The monoisotopic (exact) mass is 363 g/mol. The Morgan fingerprint density at radius 2 is 2.25 bits per heavy atom. The van der Waals surface area contributed by atoms with Crippen LogP contribution in [0.4, 0.5) is 4.39 Å². The Morgan fingerprint density at radius 3 is 3.00 bits per heavy atom. The van der Waals surface area contributed by atoms with Crippen LogP contribution in [0.25, 0.3) is 0 Å². The Labute approximate surface area is 148 Å². The van der Waals surface area contributed by atoms with Gasteiger partial charge in [-0.15, -0.1) is 4.37 Å². The number of hydrogen-bond acceptors (Lipinski definition) is 5. The number of piperidine rings is 1. The van der Waals surface area contributed by atoms with Crippen LogP contribution in [0, 0.1) is 23.6 Å². The second-order valence-corrected chi connectivity index (χ2v) is 7.08. The first-order chi connectivity index (χ1) is 11.7. The average Bonchev–Trinajstić information content (AvgIpc) is 3.26. The predicted molar refractivity (Wildman–Crippen MR) is 91.0 cm³/mol. The maximum atomic E-state index is 13.3. The van der Waals surface area contributed by atoms with Crippen molar-refractivity contribution in [3.8, 4) is 17.7 Å². The number of ether oxygens (including phenoxy) is 1. The van der Waals surface area contributed by atoms with Gasteiger partial charge in [-0.25, -0.2) is 4.39 Å². The number of rotatable bonds is 3. The van der Waals surface area contributed by atoms with Crippen LogP contribution in [0.15, 0.2) is 18.2 Å². The molecular formula is C17H15ClFN3OS. The summed E-state index contributed by atoms with van der Waals surface area (Å²) in [5.41, 5.74) is 1.49. The second-order valence-electron chi connectivity index (χ2n) is 6.12. The number of halogens is 2. The van der Waals surface area contributed by atoms with Crippen molar-refractivity contribution in [1.82, 2.24) is 13.6 Å². The highest BCUT2D eigenvalue weighted by molar-refractivity contribution is 6.99. The maximum absolute atomic E-state index is 13.3. The summed E-state index contributed by atoms with van der Waals surface area (Å²) in [6.45, 7) is 3.58. The third-order valence-electron chi connectivity index (χ3n) is 4.54. The van der Waals surface area contributed by atoms with E-state index in [0.29, 0.717) is 28.3 Å². The molecule has 0 amide bonds. The van der Waals surface area contributed by atoms with E-state index in [4.69, 9.17) is 16.3 Å². The van der Waals surface area contributed by atoms with Crippen LogP contribution >= 0.6 is 23.3 Å². The first kappa shape index (κ1) is 15.8. The molecule has 124 valence electrons. The first-order valence-corrected chi connectivity index (χ1v) is 8.92. The molecule has 4 nitrogen and oxygen atoms in total. The molecule has 2 aromatic rings. The molecular weight excluding hydrogens is 349 g/mol. The average molecular weight is 364 g/mol. The fourth-order valence-electron chi connectivity index (χ4n) is 3.48. The van der Waals surface area contributed by atoms with Crippen LogP contribution in [0.5, 0.6) is 5.88 Å². The molecule has 3 unspecified atom stereocenters. The highest BCUT2D eigenvalue weighted by Gasteiger charge is 2.41. The zero-order valence-electron chi connectivity index (χ0n) is 12.8. The summed E-state index contributed by atoms with van der Waals surface area (Å²) in [6, 6.07) is 4.22. The van der Waals surface area contributed by atoms with Crippen molar-refractivity contribution in [1.29, 1.82) is 0 Å². The van der Waals surface area contributed by atoms with Gasteiger partial charge < -0.3 is 9.64 Å². The number of fused-ring (bicyclic) bond motifs is 2. The smallest absolute Gasteiger partial charge is 0.250 e. The molecule has 3 atom stereocenters. The van der Waals surface area contributed by atoms with Crippen molar-refractivity contribution < 1.29 is 9.13 Å². The van der Waals surface area contributed by atoms with E-state index in [1.807, 2.05) is 0 Å². The summed E-state index contributed by atoms with van der Waals surface area (Å²) in [5.74, 6) is 7.00. The van der Waals surface area contributed by atoms with Crippen molar-refractivity contribution in [3.05, 3.63) is 40.3 Å². The van der Waals surface area contributed by atoms with Gasteiger partial charge in [-0.3, -0.25) is 0 Å². The van der Waals surface area contributed by atoms with Crippen LogP contribution in [0.2, 0.25) is 5.02 Å². The van der Waals surface area contributed by atoms with Gasteiger partial charge in [0, 0.05) is 29.6 Å². The van der Waals surface area contributed by atoms with E-state index in [0.717, 1.165) is 18.8 Å². The molecule has 7 heteroatoms. The molecule has 2 bridgehead atoms. The lowest BCUT2D eigenvalue weighted by atomic mass is 9.90. The summed E-state index contributed by atoms with van der Waals surface area (Å²) in [6.07, 6.45) is 1.22. The van der Waals surface area contributed by atoms with E-state index in [9.17, 15) is 4.39 Å². The number of nitrogens with zero attached hydrogens (tertiary/aromatic N) is 3.